The van der Waals surface area contributed by atoms with E-state index >= 15 is 0 Å². The van der Waals surface area contributed by atoms with Crippen molar-refractivity contribution >= 4 is 5.78 Å². The number of carbonyl (C=O) groups excluding carboxylic acids is 1. The second-order valence-corrected chi connectivity index (χ2v) is 5.25. The van der Waals surface area contributed by atoms with Gasteiger partial charge in [0.05, 0.1) is 13.2 Å². The third-order valence-electron chi connectivity index (χ3n) is 4.01. The van der Waals surface area contributed by atoms with Gasteiger partial charge in [0.1, 0.15) is 0 Å². The predicted octanol–water partition coefficient (Wildman–Crippen LogP) is 2.28. The van der Waals surface area contributed by atoms with Crippen molar-refractivity contribution in [2.24, 2.45) is 0 Å². The van der Waals surface area contributed by atoms with Crippen LogP contribution in [0.15, 0.2) is 24.3 Å². The average Bonchev–Trinajstić information content (AvgIpc) is 2.37. The Bertz CT molecular complexity index is 409. The lowest BCUT2D eigenvalue weighted by Gasteiger charge is -2.36. The molecular formula is C16H23NO2. The van der Waals surface area contributed by atoms with E-state index in [-0.39, 0.29) is 12.4 Å². The number of aryl methyl sites for hydroxylation is 1. The van der Waals surface area contributed by atoms with Gasteiger partial charge in [0.2, 0.25) is 0 Å². The standard InChI is InChI=1S/C16H23NO2/c1-2-13-6-8-14(9-7-13)16(19)12-17(10-11-18)15-4-3-5-15/h6-9,15,18H,2-5,10-12H2,1H3. The van der Waals surface area contributed by atoms with Crippen LogP contribution in [0.2, 0.25) is 0 Å². The maximum atomic E-state index is 12.3. The molecule has 1 N–H and O–H groups in total. The fourth-order valence-corrected chi connectivity index (χ4v) is 2.47. The quantitative estimate of drug-likeness (QED) is 0.766. The summed E-state index contributed by atoms with van der Waals surface area (Å²) in [6.07, 6.45) is 4.54. The van der Waals surface area contributed by atoms with E-state index in [0.29, 0.717) is 19.1 Å². The highest BCUT2D eigenvalue weighted by molar-refractivity contribution is 5.97. The second kappa shape index (κ2) is 6.83. The fourth-order valence-electron chi connectivity index (χ4n) is 2.47. The van der Waals surface area contributed by atoms with Gasteiger partial charge in [-0.05, 0) is 24.8 Å². The summed E-state index contributed by atoms with van der Waals surface area (Å²) in [6.45, 7) is 3.26. The van der Waals surface area contributed by atoms with E-state index < -0.39 is 0 Å². The minimum Gasteiger partial charge on any atom is -0.395 e. The Morgan fingerprint density at radius 3 is 2.47 bits per heavy atom. The van der Waals surface area contributed by atoms with Crippen molar-refractivity contribution in [2.45, 2.75) is 38.6 Å². The van der Waals surface area contributed by atoms with E-state index in [0.717, 1.165) is 24.8 Å². The smallest absolute Gasteiger partial charge is 0.176 e. The summed E-state index contributed by atoms with van der Waals surface area (Å²) >= 11 is 0. The van der Waals surface area contributed by atoms with Crippen molar-refractivity contribution in [1.82, 2.24) is 4.90 Å². The molecule has 0 unspecified atom stereocenters. The Morgan fingerprint density at radius 2 is 2.00 bits per heavy atom. The van der Waals surface area contributed by atoms with Crippen LogP contribution in [-0.2, 0) is 6.42 Å². The Labute approximate surface area is 115 Å². The second-order valence-electron chi connectivity index (χ2n) is 5.25. The molecule has 1 aromatic carbocycles. The van der Waals surface area contributed by atoms with Gasteiger partial charge in [-0.25, -0.2) is 0 Å². The van der Waals surface area contributed by atoms with Crippen LogP contribution in [0, 0.1) is 0 Å². The molecule has 3 heteroatoms. The van der Waals surface area contributed by atoms with Crippen molar-refractivity contribution in [3.8, 4) is 0 Å². The topological polar surface area (TPSA) is 40.5 Å². The number of hydrogen-bond donors (Lipinski definition) is 1. The third-order valence-corrected chi connectivity index (χ3v) is 4.01. The van der Waals surface area contributed by atoms with E-state index in [2.05, 4.69) is 11.8 Å². The summed E-state index contributed by atoms with van der Waals surface area (Å²) in [4.78, 5) is 14.4. The lowest BCUT2D eigenvalue weighted by atomic mass is 9.91. The largest absolute Gasteiger partial charge is 0.395 e. The molecule has 0 radical (unpaired) electrons. The number of Topliss-reactive ketones (excluding diaryl/α,β-unsaturated/α-hetero) is 1. The zero-order valence-electron chi connectivity index (χ0n) is 11.6. The van der Waals surface area contributed by atoms with Crippen LogP contribution >= 0.6 is 0 Å². The van der Waals surface area contributed by atoms with Crippen LogP contribution in [0.25, 0.3) is 0 Å². The van der Waals surface area contributed by atoms with Crippen molar-refractivity contribution in [2.75, 3.05) is 19.7 Å². The number of rotatable bonds is 7. The molecule has 0 amide bonds. The minimum atomic E-state index is 0.124. The molecule has 0 bridgehead atoms. The maximum absolute atomic E-state index is 12.3. The van der Waals surface area contributed by atoms with Gasteiger partial charge in [0, 0.05) is 18.2 Å². The molecule has 1 fully saturated rings. The number of benzene rings is 1. The molecule has 1 saturated carbocycles. The van der Waals surface area contributed by atoms with Gasteiger partial charge in [0.25, 0.3) is 0 Å². The van der Waals surface area contributed by atoms with E-state index in [1.165, 1.54) is 12.0 Å². The summed E-state index contributed by atoms with van der Waals surface area (Å²) in [7, 11) is 0. The molecule has 0 heterocycles. The van der Waals surface area contributed by atoms with Crippen LogP contribution in [-0.4, -0.2) is 41.5 Å². The van der Waals surface area contributed by atoms with E-state index in [4.69, 9.17) is 5.11 Å². The van der Waals surface area contributed by atoms with Crippen LogP contribution in [0.3, 0.4) is 0 Å². The van der Waals surface area contributed by atoms with Gasteiger partial charge in [-0.15, -0.1) is 0 Å². The molecule has 1 aromatic rings. The van der Waals surface area contributed by atoms with Gasteiger partial charge in [-0.2, -0.15) is 0 Å². The molecule has 1 aliphatic carbocycles. The first kappa shape index (κ1) is 14.2. The van der Waals surface area contributed by atoms with Gasteiger partial charge in [-0.3, -0.25) is 9.69 Å². The maximum Gasteiger partial charge on any atom is 0.176 e. The molecule has 19 heavy (non-hydrogen) atoms. The van der Waals surface area contributed by atoms with E-state index in [1.54, 1.807) is 0 Å². The molecule has 0 aliphatic heterocycles. The fraction of sp³-hybridized carbons (Fsp3) is 0.562. The highest BCUT2D eigenvalue weighted by atomic mass is 16.3. The first-order valence-electron chi connectivity index (χ1n) is 7.21. The Kier molecular flexibility index (Phi) is 5.11. The number of nitrogens with zero attached hydrogens (tertiary/aromatic N) is 1. The van der Waals surface area contributed by atoms with E-state index in [9.17, 15) is 4.79 Å². The molecule has 1 aliphatic rings. The van der Waals surface area contributed by atoms with E-state index in [1.807, 2.05) is 24.3 Å². The lowest BCUT2D eigenvalue weighted by molar-refractivity contribution is 0.0747. The SMILES string of the molecule is CCc1ccc(C(=O)CN(CCO)C2CCC2)cc1. The first-order valence-corrected chi connectivity index (χ1v) is 7.21. The number of carbonyl (C=O) groups is 1. The average molecular weight is 261 g/mol. The van der Waals surface area contributed by atoms with Gasteiger partial charge in [0.15, 0.2) is 5.78 Å². The van der Waals surface area contributed by atoms with Crippen LogP contribution < -0.4 is 0 Å². The Hall–Kier alpha value is -1.19. The van der Waals surface area contributed by atoms with Crippen LogP contribution in [0.5, 0.6) is 0 Å². The molecule has 2 rings (SSSR count). The molecule has 0 saturated heterocycles. The minimum absolute atomic E-state index is 0.124. The third kappa shape index (κ3) is 3.64. The molecule has 3 nitrogen and oxygen atoms in total. The summed E-state index contributed by atoms with van der Waals surface area (Å²) in [5.41, 5.74) is 2.03. The Balaban J connectivity index is 1.97. The van der Waals surface area contributed by atoms with Crippen LogP contribution in [0.4, 0.5) is 0 Å². The molecule has 104 valence electrons. The first-order chi connectivity index (χ1) is 9.24. The van der Waals surface area contributed by atoms with Gasteiger partial charge in [-0.1, -0.05) is 37.6 Å². The zero-order chi connectivity index (χ0) is 13.7. The summed E-state index contributed by atoms with van der Waals surface area (Å²) in [6, 6.07) is 8.36. The number of ketones is 1. The number of aliphatic hydroxyl groups is 1. The van der Waals surface area contributed by atoms with Crippen molar-refractivity contribution < 1.29 is 9.90 Å². The summed E-state index contributed by atoms with van der Waals surface area (Å²) in [5.74, 6) is 0.156. The Morgan fingerprint density at radius 1 is 1.32 bits per heavy atom. The lowest BCUT2D eigenvalue weighted by Crippen LogP contribution is -2.44. The molecule has 0 spiro atoms. The highest BCUT2D eigenvalue weighted by Crippen LogP contribution is 2.24. The molecular weight excluding hydrogens is 238 g/mol. The monoisotopic (exact) mass is 261 g/mol. The number of hydrogen-bond acceptors (Lipinski definition) is 3. The van der Waals surface area contributed by atoms with Gasteiger partial charge < -0.3 is 5.11 Å². The highest BCUT2D eigenvalue weighted by Gasteiger charge is 2.26. The van der Waals surface area contributed by atoms with Crippen LogP contribution in [0.1, 0.15) is 42.1 Å². The normalized spacial score (nSPS) is 15.5. The molecule has 0 aromatic heterocycles. The number of aliphatic hydroxyl groups excluding tert-OH is 1. The van der Waals surface area contributed by atoms with Gasteiger partial charge >= 0.3 is 0 Å². The summed E-state index contributed by atoms with van der Waals surface area (Å²) < 4.78 is 0. The summed E-state index contributed by atoms with van der Waals surface area (Å²) in [5, 5.41) is 9.10. The molecule has 0 atom stereocenters. The van der Waals surface area contributed by atoms with Crippen molar-refractivity contribution in [3.05, 3.63) is 35.4 Å². The predicted molar refractivity (Wildman–Crippen MR) is 76.4 cm³/mol. The van der Waals surface area contributed by atoms with Crippen molar-refractivity contribution in [3.63, 3.8) is 0 Å². The zero-order valence-corrected chi connectivity index (χ0v) is 11.6. The van der Waals surface area contributed by atoms with Crippen molar-refractivity contribution in [1.29, 1.82) is 0 Å².